The smallest absolute Gasteiger partial charge is 0.150 e. The summed E-state index contributed by atoms with van der Waals surface area (Å²) in [5.74, 6) is 0.528. The first-order valence-electron chi connectivity index (χ1n) is 4.40. The summed E-state index contributed by atoms with van der Waals surface area (Å²) in [6.07, 6.45) is 4.65. The van der Waals surface area contributed by atoms with Gasteiger partial charge < -0.3 is 4.98 Å². The van der Waals surface area contributed by atoms with Crippen molar-refractivity contribution in [2.24, 2.45) is 0 Å². The Balaban J connectivity index is 2.71. The van der Waals surface area contributed by atoms with Crippen LogP contribution in [-0.4, -0.2) is 22.5 Å². The number of hydrogen-bond donors (Lipinski definition) is 1. The summed E-state index contributed by atoms with van der Waals surface area (Å²) in [6.45, 7) is 0. The zero-order chi connectivity index (χ0) is 10.7. The Morgan fingerprint density at radius 1 is 1.13 bits per heavy atom. The third-order valence-electron chi connectivity index (χ3n) is 2.12. The Labute approximate surface area is 86.0 Å². The molecule has 0 bridgehead atoms. The maximum atomic E-state index is 10.8. The molecule has 0 fully saturated rings. The second-order valence-electron chi connectivity index (χ2n) is 2.98. The van der Waals surface area contributed by atoms with Crippen LogP contribution in [0, 0.1) is 0 Å². The molecular weight excluding hydrogens is 192 g/mol. The highest BCUT2D eigenvalue weighted by Gasteiger charge is 2.11. The molecule has 0 atom stereocenters. The predicted octanol–water partition coefficient (Wildman–Crippen LogP) is 1.70. The van der Waals surface area contributed by atoms with Crippen LogP contribution in [0.2, 0.25) is 0 Å². The third-order valence-corrected chi connectivity index (χ3v) is 2.12. The van der Waals surface area contributed by atoms with E-state index in [4.69, 9.17) is 0 Å². The van der Waals surface area contributed by atoms with Crippen molar-refractivity contribution in [3.05, 3.63) is 41.7 Å². The summed E-state index contributed by atoms with van der Waals surface area (Å²) in [7, 11) is 0. The quantitative estimate of drug-likeness (QED) is 0.767. The van der Waals surface area contributed by atoms with Crippen molar-refractivity contribution in [1.29, 1.82) is 0 Å². The number of nitrogens with zero attached hydrogens (tertiary/aromatic N) is 1. The number of aromatic amines is 1. The molecule has 1 N–H and O–H groups in total. The van der Waals surface area contributed by atoms with E-state index in [0.29, 0.717) is 35.1 Å². The van der Waals surface area contributed by atoms with Crippen molar-refractivity contribution in [2.75, 3.05) is 0 Å². The first-order valence-corrected chi connectivity index (χ1v) is 4.40. The highest BCUT2D eigenvalue weighted by atomic mass is 16.1. The van der Waals surface area contributed by atoms with Crippen molar-refractivity contribution in [2.45, 2.75) is 0 Å². The number of benzene rings is 1. The largest absolute Gasteiger partial charge is 0.345 e. The third kappa shape index (κ3) is 1.57. The molecule has 1 heterocycles. The Bertz CT molecular complexity index is 463. The molecule has 2 rings (SSSR count). The number of H-pyrrole nitrogens is 1. The highest BCUT2D eigenvalue weighted by Crippen LogP contribution is 2.22. The SMILES string of the molecule is O=Cc1cccc(C=O)c1-c1ncc[nH]1. The average Bonchev–Trinajstić information content (AvgIpc) is 2.81. The Kier molecular flexibility index (Phi) is 2.41. The fourth-order valence-corrected chi connectivity index (χ4v) is 1.46. The summed E-state index contributed by atoms with van der Waals surface area (Å²) < 4.78 is 0. The van der Waals surface area contributed by atoms with E-state index in [0.717, 1.165) is 0 Å². The number of nitrogens with one attached hydrogen (secondary N) is 1. The van der Waals surface area contributed by atoms with Crippen molar-refractivity contribution < 1.29 is 9.59 Å². The van der Waals surface area contributed by atoms with Crippen molar-refractivity contribution in [3.63, 3.8) is 0 Å². The molecule has 15 heavy (non-hydrogen) atoms. The number of hydrogen-bond acceptors (Lipinski definition) is 3. The van der Waals surface area contributed by atoms with E-state index >= 15 is 0 Å². The molecule has 1 aromatic carbocycles. The molecule has 0 saturated carbocycles. The lowest BCUT2D eigenvalue weighted by Gasteiger charge is -2.03. The summed E-state index contributed by atoms with van der Waals surface area (Å²) in [5.41, 5.74) is 1.46. The van der Waals surface area contributed by atoms with Gasteiger partial charge in [0.15, 0.2) is 12.6 Å². The zero-order valence-corrected chi connectivity index (χ0v) is 7.81. The van der Waals surface area contributed by atoms with Gasteiger partial charge in [-0.05, 0) is 0 Å². The van der Waals surface area contributed by atoms with Crippen LogP contribution in [0.1, 0.15) is 20.7 Å². The number of carbonyl (C=O) groups is 2. The summed E-state index contributed by atoms with van der Waals surface area (Å²) in [5, 5.41) is 0. The minimum absolute atomic E-state index is 0.453. The van der Waals surface area contributed by atoms with Gasteiger partial charge in [0, 0.05) is 29.1 Å². The van der Waals surface area contributed by atoms with Crippen LogP contribution in [-0.2, 0) is 0 Å². The standard InChI is InChI=1S/C11H8N2O2/c14-6-8-2-1-3-9(7-15)10(8)11-12-4-5-13-11/h1-7H,(H,12,13). The Morgan fingerprint density at radius 2 is 1.80 bits per heavy atom. The zero-order valence-electron chi connectivity index (χ0n) is 7.81. The minimum atomic E-state index is 0.453. The lowest BCUT2D eigenvalue weighted by atomic mass is 10.0. The van der Waals surface area contributed by atoms with Crippen LogP contribution in [0.5, 0.6) is 0 Å². The Morgan fingerprint density at radius 3 is 2.27 bits per heavy atom. The van der Waals surface area contributed by atoms with Gasteiger partial charge >= 0.3 is 0 Å². The average molecular weight is 200 g/mol. The van der Waals surface area contributed by atoms with Gasteiger partial charge in [0.1, 0.15) is 5.82 Å². The second kappa shape index (κ2) is 3.88. The molecule has 2 aromatic rings. The highest BCUT2D eigenvalue weighted by molar-refractivity contribution is 5.95. The summed E-state index contributed by atoms with van der Waals surface area (Å²) in [4.78, 5) is 28.6. The monoisotopic (exact) mass is 200 g/mol. The normalized spacial score (nSPS) is 9.87. The summed E-state index contributed by atoms with van der Waals surface area (Å²) in [6, 6.07) is 4.97. The molecular formula is C11H8N2O2. The van der Waals surface area contributed by atoms with Gasteiger partial charge in [-0.3, -0.25) is 9.59 Å². The van der Waals surface area contributed by atoms with E-state index in [1.54, 1.807) is 30.6 Å². The molecule has 1 aromatic heterocycles. The van der Waals surface area contributed by atoms with E-state index in [9.17, 15) is 9.59 Å². The molecule has 74 valence electrons. The van der Waals surface area contributed by atoms with Gasteiger partial charge in [-0.1, -0.05) is 18.2 Å². The van der Waals surface area contributed by atoms with Crippen LogP contribution in [0.3, 0.4) is 0 Å². The van der Waals surface area contributed by atoms with E-state index in [1.165, 1.54) is 0 Å². The van der Waals surface area contributed by atoms with Crippen molar-refractivity contribution in [1.82, 2.24) is 9.97 Å². The number of carbonyl (C=O) groups excluding carboxylic acids is 2. The number of rotatable bonds is 3. The number of aldehydes is 2. The number of imidazole rings is 1. The molecule has 0 amide bonds. The van der Waals surface area contributed by atoms with Gasteiger partial charge in [-0.2, -0.15) is 0 Å². The van der Waals surface area contributed by atoms with Gasteiger partial charge in [-0.25, -0.2) is 4.98 Å². The minimum Gasteiger partial charge on any atom is -0.345 e. The van der Waals surface area contributed by atoms with Crippen LogP contribution >= 0.6 is 0 Å². The van der Waals surface area contributed by atoms with Crippen LogP contribution < -0.4 is 0 Å². The molecule has 0 aliphatic heterocycles. The maximum Gasteiger partial charge on any atom is 0.150 e. The molecule has 0 aliphatic rings. The van der Waals surface area contributed by atoms with Crippen LogP contribution in [0.4, 0.5) is 0 Å². The molecule has 0 saturated heterocycles. The fraction of sp³-hybridized carbons (Fsp3) is 0. The first kappa shape index (κ1) is 9.33. The lowest BCUT2D eigenvalue weighted by molar-refractivity contribution is 0.112. The predicted molar refractivity (Wildman–Crippen MR) is 54.8 cm³/mol. The second-order valence-corrected chi connectivity index (χ2v) is 2.98. The first-order chi connectivity index (χ1) is 7.36. The van der Waals surface area contributed by atoms with E-state index in [1.807, 2.05) is 0 Å². The van der Waals surface area contributed by atoms with E-state index < -0.39 is 0 Å². The van der Waals surface area contributed by atoms with Crippen LogP contribution in [0.15, 0.2) is 30.6 Å². The Hall–Kier alpha value is -2.23. The number of aromatic nitrogens is 2. The lowest BCUT2D eigenvalue weighted by Crippen LogP contribution is -1.95. The van der Waals surface area contributed by atoms with Gasteiger partial charge in [0.25, 0.3) is 0 Å². The van der Waals surface area contributed by atoms with Gasteiger partial charge in [-0.15, -0.1) is 0 Å². The van der Waals surface area contributed by atoms with E-state index in [-0.39, 0.29) is 0 Å². The molecule has 0 radical (unpaired) electrons. The van der Waals surface area contributed by atoms with Gasteiger partial charge in [0.05, 0.1) is 0 Å². The maximum absolute atomic E-state index is 10.8. The molecule has 0 aliphatic carbocycles. The van der Waals surface area contributed by atoms with Crippen molar-refractivity contribution >= 4 is 12.6 Å². The molecule has 4 heteroatoms. The fourth-order valence-electron chi connectivity index (χ4n) is 1.46. The molecule has 0 unspecified atom stereocenters. The van der Waals surface area contributed by atoms with Gasteiger partial charge in [0.2, 0.25) is 0 Å². The summed E-state index contributed by atoms with van der Waals surface area (Å²) >= 11 is 0. The molecule has 4 nitrogen and oxygen atoms in total. The van der Waals surface area contributed by atoms with E-state index in [2.05, 4.69) is 9.97 Å². The van der Waals surface area contributed by atoms with Crippen LogP contribution in [0.25, 0.3) is 11.4 Å². The molecule has 0 spiro atoms. The topological polar surface area (TPSA) is 62.8 Å². The van der Waals surface area contributed by atoms with Crippen molar-refractivity contribution in [3.8, 4) is 11.4 Å².